The molecule has 0 fully saturated rings. The molecule has 1 heterocycles. The lowest BCUT2D eigenvalue weighted by Gasteiger charge is -2.05. The number of hydrogen-bond acceptors (Lipinski definition) is 2. The first-order chi connectivity index (χ1) is 6.07. The Balaban J connectivity index is 3.33. The van der Waals surface area contributed by atoms with Crippen molar-refractivity contribution in [2.24, 2.45) is 0 Å². The minimum absolute atomic E-state index is 0.266. The van der Waals surface area contributed by atoms with Crippen molar-refractivity contribution in [3.8, 4) is 6.07 Å². The predicted octanol–water partition coefficient (Wildman–Crippen LogP) is 2.96. The molecule has 0 spiro atoms. The van der Waals surface area contributed by atoms with E-state index in [4.69, 9.17) is 5.26 Å². The molecule has 1 aromatic rings. The molecule has 68 valence electrons. The van der Waals surface area contributed by atoms with Gasteiger partial charge in [0.15, 0.2) is 0 Å². The van der Waals surface area contributed by atoms with E-state index in [-0.39, 0.29) is 11.3 Å². The minimum atomic E-state index is -2.61. The topological polar surface area (TPSA) is 36.7 Å². The van der Waals surface area contributed by atoms with Crippen molar-refractivity contribution < 1.29 is 8.78 Å². The average Bonchev–Trinajstić information content (AvgIpc) is 2.09. The summed E-state index contributed by atoms with van der Waals surface area (Å²) in [5, 5.41) is 8.56. The molecule has 0 atom stereocenters. The van der Waals surface area contributed by atoms with E-state index in [0.717, 1.165) is 6.20 Å². The molecule has 0 aliphatic carbocycles. The second-order valence-corrected chi connectivity index (χ2v) is 3.20. The summed E-state index contributed by atoms with van der Waals surface area (Å²) in [6.07, 6.45) is -1.47. The van der Waals surface area contributed by atoms with Crippen LogP contribution in [0.3, 0.4) is 0 Å². The first-order valence-corrected chi connectivity index (χ1v) is 4.20. The van der Waals surface area contributed by atoms with Gasteiger partial charge in [0.1, 0.15) is 11.8 Å². The van der Waals surface area contributed by atoms with E-state index in [9.17, 15) is 8.78 Å². The Morgan fingerprint density at radius 3 is 2.69 bits per heavy atom. The molecule has 0 bridgehead atoms. The van der Waals surface area contributed by atoms with Crippen molar-refractivity contribution in [2.75, 3.05) is 0 Å². The van der Waals surface area contributed by atoms with E-state index in [1.807, 2.05) is 6.07 Å². The number of pyridine rings is 1. The largest absolute Gasteiger partial charge is 0.280 e. The third-order valence-corrected chi connectivity index (χ3v) is 2.63. The summed E-state index contributed by atoms with van der Waals surface area (Å²) in [6.45, 7) is 1.50. The van der Waals surface area contributed by atoms with Gasteiger partial charge in [0.2, 0.25) is 0 Å². The molecule has 0 radical (unpaired) electrons. The Labute approximate surface area is 82.3 Å². The van der Waals surface area contributed by atoms with Gasteiger partial charge in [-0.15, -0.1) is 0 Å². The summed E-state index contributed by atoms with van der Waals surface area (Å²) in [5.74, 6) is 0. The molecule has 1 aromatic heterocycles. The minimum Gasteiger partial charge on any atom is -0.254 e. The summed E-state index contributed by atoms with van der Waals surface area (Å²) in [5.41, 5.74) is 0.293. The van der Waals surface area contributed by atoms with Crippen molar-refractivity contribution in [3.05, 3.63) is 27.5 Å². The summed E-state index contributed by atoms with van der Waals surface area (Å²) in [7, 11) is 0. The Morgan fingerprint density at radius 2 is 2.23 bits per heavy atom. The van der Waals surface area contributed by atoms with Gasteiger partial charge < -0.3 is 0 Å². The van der Waals surface area contributed by atoms with Gasteiger partial charge in [-0.3, -0.25) is 4.98 Å². The molecule has 13 heavy (non-hydrogen) atoms. The van der Waals surface area contributed by atoms with Gasteiger partial charge in [-0.05, 0) is 28.4 Å². The Bertz CT molecular complexity index is 371. The number of nitriles is 1. The van der Waals surface area contributed by atoms with Gasteiger partial charge in [-0.25, -0.2) is 8.78 Å². The Kier molecular flexibility index (Phi) is 2.94. The smallest absolute Gasteiger partial charge is 0.254 e. The van der Waals surface area contributed by atoms with Crippen molar-refractivity contribution in [2.45, 2.75) is 13.3 Å². The van der Waals surface area contributed by atoms with Gasteiger partial charge in [0.25, 0.3) is 6.43 Å². The second kappa shape index (κ2) is 3.79. The van der Waals surface area contributed by atoms with Crippen LogP contribution in [0.1, 0.15) is 23.2 Å². The highest BCUT2D eigenvalue weighted by Gasteiger charge is 2.16. The lowest BCUT2D eigenvalue weighted by Crippen LogP contribution is -1.97. The monoisotopic (exact) mass is 246 g/mol. The molecule has 0 aliphatic heterocycles. The first-order valence-electron chi connectivity index (χ1n) is 3.41. The Morgan fingerprint density at radius 1 is 1.62 bits per heavy atom. The molecule has 0 saturated heterocycles. The van der Waals surface area contributed by atoms with Crippen LogP contribution in [-0.2, 0) is 0 Å². The van der Waals surface area contributed by atoms with E-state index < -0.39 is 6.43 Å². The fraction of sp³-hybridized carbons (Fsp3) is 0.250. The maximum absolute atomic E-state index is 12.3. The van der Waals surface area contributed by atoms with E-state index in [1.165, 1.54) is 6.92 Å². The number of aromatic nitrogens is 1. The third kappa shape index (κ3) is 1.83. The maximum atomic E-state index is 12.3. The van der Waals surface area contributed by atoms with E-state index >= 15 is 0 Å². The molecular weight excluding hydrogens is 242 g/mol. The Hall–Kier alpha value is -1.02. The van der Waals surface area contributed by atoms with E-state index in [2.05, 4.69) is 20.9 Å². The highest BCUT2D eigenvalue weighted by atomic mass is 79.9. The quantitative estimate of drug-likeness (QED) is 0.764. The number of alkyl halides is 2. The van der Waals surface area contributed by atoms with Crippen LogP contribution in [0, 0.1) is 18.3 Å². The van der Waals surface area contributed by atoms with Crippen molar-refractivity contribution in [1.29, 1.82) is 5.26 Å². The predicted molar refractivity (Wildman–Crippen MR) is 46.3 cm³/mol. The van der Waals surface area contributed by atoms with Crippen LogP contribution in [0.25, 0.3) is 0 Å². The molecule has 0 amide bonds. The molecule has 2 nitrogen and oxygen atoms in total. The van der Waals surface area contributed by atoms with Crippen LogP contribution in [0.15, 0.2) is 10.7 Å². The lowest BCUT2D eigenvalue weighted by atomic mass is 10.1. The molecule has 0 unspecified atom stereocenters. The zero-order valence-corrected chi connectivity index (χ0v) is 8.27. The van der Waals surface area contributed by atoms with Crippen LogP contribution >= 0.6 is 15.9 Å². The number of nitrogens with zero attached hydrogens (tertiary/aromatic N) is 2. The summed E-state index contributed by atoms with van der Waals surface area (Å²) in [4.78, 5) is 3.51. The highest BCUT2D eigenvalue weighted by Crippen LogP contribution is 2.27. The summed E-state index contributed by atoms with van der Waals surface area (Å²) >= 11 is 3.06. The molecule has 1 rings (SSSR count). The van der Waals surface area contributed by atoms with E-state index in [0.29, 0.717) is 10.0 Å². The fourth-order valence-electron chi connectivity index (χ4n) is 0.900. The third-order valence-electron chi connectivity index (χ3n) is 1.61. The van der Waals surface area contributed by atoms with E-state index in [1.54, 1.807) is 0 Å². The van der Waals surface area contributed by atoms with Gasteiger partial charge in [-0.2, -0.15) is 5.26 Å². The number of halogens is 3. The lowest BCUT2D eigenvalue weighted by molar-refractivity contribution is 0.145. The van der Waals surface area contributed by atoms with Gasteiger partial charge in [0.05, 0.1) is 5.56 Å². The van der Waals surface area contributed by atoms with Crippen molar-refractivity contribution in [1.82, 2.24) is 4.98 Å². The van der Waals surface area contributed by atoms with Crippen molar-refractivity contribution >= 4 is 15.9 Å². The summed E-state index contributed by atoms with van der Waals surface area (Å²) < 4.78 is 24.9. The number of hydrogen-bond donors (Lipinski definition) is 0. The van der Waals surface area contributed by atoms with Gasteiger partial charge >= 0.3 is 0 Å². The highest BCUT2D eigenvalue weighted by molar-refractivity contribution is 9.10. The molecule has 0 aromatic carbocycles. The fourth-order valence-corrected chi connectivity index (χ4v) is 1.29. The molecule has 0 N–H and O–H groups in total. The summed E-state index contributed by atoms with van der Waals surface area (Å²) in [6, 6.07) is 1.85. The number of rotatable bonds is 1. The van der Waals surface area contributed by atoms with Crippen LogP contribution in [0.2, 0.25) is 0 Å². The molecular formula is C8H5BrF2N2. The molecule has 0 saturated carbocycles. The standard InChI is InChI=1S/C8H5BrF2N2/c1-4-6(9)5(2-12)3-13-7(4)8(10)11/h3,8H,1H3. The second-order valence-electron chi connectivity index (χ2n) is 2.41. The van der Waals surface area contributed by atoms with Crippen LogP contribution < -0.4 is 0 Å². The normalized spacial score (nSPS) is 10.2. The SMILES string of the molecule is Cc1c(C(F)F)ncc(C#N)c1Br. The molecule has 5 heteroatoms. The first kappa shape index (κ1) is 10.1. The van der Waals surface area contributed by atoms with Crippen LogP contribution in [0.5, 0.6) is 0 Å². The van der Waals surface area contributed by atoms with Crippen molar-refractivity contribution in [3.63, 3.8) is 0 Å². The van der Waals surface area contributed by atoms with Gasteiger partial charge in [-0.1, -0.05) is 0 Å². The molecule has 0 aliphatic rings. The zero-order chi connectivity index (χ0) is 10.0. The van der Waals surface area contributed by atoms with Gasteiger partial charge in [0, 0.05) is 10.7 Å². The zero-order valence-electron chi connectivity index (χ0n) is 6.68. The van der Waals surface area contributed by atoms with Crippen LogP contribution in [-0.4, -0.2) is 4.98 Å². The average molecular weight is 247 g/mol. The maximum Gasteiger partial charge on any atom is 0.280 e. The van der Waals surface area contributed by atoms with Crippen LogP contribution in [0.4, 0.5) is 8.78 Å².